The highest BCUT2D eigenvalue weighted by molar-refractivity contribution is 5.80. The number of nitrogens with one attached hydrogen (secondary N) is 2. The lowest BCUT2D eigenvalue weighted by Crippen LogP contribution is -2.46. The van der Waals surface area contributed by atoms with E-state index in [1.54, 1.807) is 0 Å². The summed E-state index contributed by atoms with van der Waals surface area (Å²) in [7, 11) is 0. The standard InChI is InChI=1S/C19H32N6/c1-4-20-19(23-17-12-15(17)3)22-14-16-6-7-18(21-13-16)25-10-8-24(5-2)9-11-25/h6-7,13,15,17H,4-5,8-12,14H2,1-3H3,(H2,20,22,23). The fraction of sp³-hybridized carbons (Fsp3) is 0.684. The molecule has 2 N–H and O–H groups in total. The van der Waals surface area contributed by atoms with E-state index < -0.39 is 0 Å². The highest BCUT2D eigenvalue weighted by Crippen LogP contribution is 2.28. The van der Waals surface area contributed by atoms with Crippen LogP contribution in [0.4, 0.5) is 5.82 Å². The lowest BCUT2D eigenvalue weighted by Gasteiger charge is -2.34. The fourth-order valence-electron chi connectivity index (χ4n) is 3.18. The van der Waals surface area contributed by atoms with Crippen LogP contribution in [0.15, 0.2) is 23.3 Å². The zero-order valence-electron chi connectivity index (χ0n) is 15.8. The van der Waals surface area contributed by atoms with Gasteiger partial charge in [0, 0.05) is 45.0 Å². The first kappa shape index (κ1) is 18.0. The average Bonchev–Trinajstić information content (AvgIpc) is 3.35. The summed E-state index contributed by atoms with van der Waals surface area (Å²) in [6.45, 7) is 13.7. The highest BCUT2D eigenvalue weighted by Gasteiger charge is 2.33. The third-order valence-electron chi connectivity index (χ3n) is 5.15. The number of nitrogens with zero attached hydrogens (tertiary/aromatic N) is 4. The Morgan fingerprint density at radius 1 is 1.24 bits per heavy atom. The summed E-state index contributed by atoms with van der Waals surface area (Å²) in [5.74, 6) is 2.76. The molecule has 2 unspecified atom stereocenters. The van der Waals surface area contributed by atoms with Crippen LogP contribution < -0.4 is 15.5 Å². The van der Waals surface area contributed by atoms with Crippen molar-refractivity contribution >= 4 is 11.8 Å². The number of pyridine rings is 1. The fourth-order valence-corrected chi connectivity index (χ4v) is 3.18. The van der Waals surface area contributed by atoms with Gasteiger partial charge < -0.3 is 20.4 Å². The van der Waals surface area contributed by atoms with Gasteiger partial charge in [0.05, 0.1) is 6.54 Å². The number of guanidine groups is 1. The van der Waals surface area contributed by atoms with Crippen molar-refractivity contribution in [1.29, 1.82) is 0 Å². The van der Waals surface area contributed by atoms with Gasteiger partial charge in [-0.2, -0.15) is 0 Å². The summed E-state index contributed by atoms with van der Waals surface area (Å²) in [6, 6.07) is 4.87. The molecule has 1 saturated carbocycles. The third-order valence-corrected chi connectivity index (χ3v) is 5.15. The number of likely N-dealkylation sites (N-methyl/N-ethyl adjacent to an activating group) is 1. The maximum Gasteiger partial charge on any atom is 0.191 e. The van der Waals surface area contributed by atoms with Crippen LogP contribution in [0.3, 0.4) is 0 Å². The van der Waals surface area contributed by atoms with Crippen molar-refractivity contribution in [2.24, 2.45) is 10.9 Å². The Morgan fingerprint density at radius 3 is 2.56 bits per heavy atom. The van der Waals surface area contributed by atoms with Crippen LogP contribution in [0, 0.1) is 5.92 Å². The van der Waals surface area contributed by atoms with E-state index in [1.807, 2.05) is 6.20 Å². The molecule has 6 heteroatoms. The monoisotopic (exact) mass is 344 g/mol. The first-order valence-corrected chi connectivity index (χ1v) is 9.66. The molecule has 1 aliphatic carbocycles. The summed E-state index contributed by atoms with van der Waals surface area (Å²) >= 11 is 0. The lowest BCUT2D eigenvalue weighted by molar-refractivity contribution is 0.270. The maximum absolute atomic E-state index is 4.70. The Morgan fingerprint density at radius 2 is 2.00 bits per heavy atom. The van der Waals surface area contributed by atoms with E-state index in [9.17, 15) is 0 Å². The molecule has 1 aliphatic heterocycles. The smallest absolute Gasteiger partial charge is 0.191 e. The van der Waals surface area contributed by atoms with Crippen molar-refractivity contribution in [3.63, 3.8) is 0 Å². The predicted octanol–water partition coefficient (Wildman–Crippen LogP) is 1.69. The molecule has 2 aliphatic rings. The second-order valence-electron chi connectivity index (χ2n) is 7.10. The van der Waals surface area contributed by atoms with Crippen LogP contribution in [0.2, 0.25) is 0 Å². The molecule has 0 bridgehead atoms. The number of piperazine rings is 1. The summed E-state index contributed by atoms with van der Waals surface area (Å²) in [5.41, 5.74) is 1.15. The molecule has 0 amide bonds. The molecule has 3 rings (SSSR count). The van der Waals surface area contributed by atoms with Crippen LogP contribution in [0.5, 0.6) is 0 Å². The Balaban J connectivity index is 1.53. The zero-order chi connectivity index (χ0) is 17.6. The van der Waals surface area contributed by atoms with Crippen molar-refractivity contribution in [2.45, 2.75) is 39.8 Å². The quantitative estimate of drug-likeness (QED) is 0.607. The van der Waals surface area contributed by atoms with Gasteiger partial charge in [-0.3, -0.25) is 0 Å². The zero-order valence-corrected chi connectivity index (χ0v) is 15.8. The van der Waals surface area contributed by atoms with Crippen molar-refractivity contribution < 1.29 is 0 Å². The van der Waals surface area contributed by atoms with E-state index in [2.05, 4.69) is 58.3 Å². The van der Waals surface area contributed by atoms with Gasteiger partial charge in [0.25, 0.3) is 0 Å². The molecular weight excluding hydrogens is 312 g/mol. The van der Waals surface area contributed by atoms with Crippen LogP contribution in [0.25, 0.3) is 0 Å². The summed E-state index contributed by atoms with van der Waals surface area (Å²) in [4.78, 5) is 14.2. The van der Waals surface area contributed by atoms with Crippen LogP contribution in [-0.4, -0.2) is 61.2 Å². The number of rotatable bonds is 6. The number of aromatic nitrogens is 1. The molecule has 1 saturated heterocycles. The van der Waals surface area contributed by atoms with E-state index in [1.165, 1.54) is 6.42 Å². The average molecular weight is 345 g/mol. The van der Waals surface area contributed by atoms with E-state index in [4.69, 9.17) is 4.99 Å². The molecular formula is C19H32N6. The van der Waals surface area contributed by atoms with Gasteiger partial charge in [0.2, 0.25) is 0 Å². The van der Waals surface area contributed by atoms with Crippen molar-refractivity contribution in [3.05, 3.63) is 23.9 Å². The summed E-state index contributed by atoms with van der Waals surface area (Å²) in [6.07, 6.45) is 3.21. The molecule has 6 nitrogen and oxygen atoms in total. The van der Waals surface area contributed by atoms with Gasteiger partial charge in [-0.05, 0) is 37.4 Å². The van der Waals surface area contributed by atoms with Crippen molar-refractivity contribution in [2.75, 3.05) is 44.2 Å². The minimum Gasteiger partial charge on any atom is -0.357 e. The molecule has 138 valence electrons. The molecule has 0 spiro atoms. The van der Waals surface area contributed by atoms with Gasteiger partial charge >= 0.3 is 0 Å². The van der Waals surface area contributed by atoms with E-state index in [-0.39, 0.29) is 0 Å². The van der Waals surface area contributed by atoms with Gasteiger partial charge in [0.15, 0.2) is 5.96 Å². The lowest BCUT2D eigenvalue weighted by atomic mass is 10.2. The van der Waals surface area contributed by atoms with Crippen molar-refractivity contribution in [1.82, 2.24) is 20.5 Å². The minimum absolute atomic E-state index is 0.583. The number of hydrogen-bond acceptors (Lipinski definition) is 4. The topological polar surface area (TPSA) is 55.8 Å². The van der Waals surface area contributed by atoms with E-state index >= 15 is 0 Å². The maximum atomic E-state index is 4.70. The molecule has 2 fully saturated rings. The normalized spacial score (nSPS) is 24.3. The van der Waals surface area contributed by atoms with Gasteiger partial charge in [0.1, 0.15) is 5.82 Å². The third kappa shape index (κ3) is 5.08. The van der Waals surface area contributed by atoms with Gasteiger partial charge in [-0.25, -0.2) is 9.98 Å². The Hall–Kier alpha value is -1.82. The number of aliphatic imine (C=N–C) groups is 1. The van der Waals surface area contributed by atoms with E-state index in [0.29, 0.717) is 12.6 Å². The van der Waals surface area contributed by atoms with Gasteiger partial charge in [-0.15, -0.1) is 0 Å². The first-order chi connectivity index (χ1) is 12.2. The van der Waals surface area contributed by atoms with Crippen LogP contribution in [-0.2, 0) is 6.54 Å². The SMILES string of the molecule is CCNC(=NCc1ccc(N2CCN(CC)CC2)nc1)NC1CC1C. The molecule has 2 atom stereocenters. The molecule has 1 aromatic rings. The Kier molecular flexibility index (Phi) is 6.13. The largest absolute Gasteiger partial charge is 0.357 e. The molecule has 0 radical (unpaired) electrons. The molecule has 0 aromatic carbocycles. The van der Waals surface area contributed by atoms with Gasteiger partial charge in [-0.1, -0.05) is 19.9 Å². The first-order valence-electron chi connectivity index (χ1n) is 9.66. The second kappa shape index (κ2) is 8.52. The Bertz CT molecular complexity index is 562. The van der Waals surface area contributed by atoms with E-state index in [0.717, 1.165) is 62.5 Å². The molecule has 1 aromatic heterocycles. The number of hydrogen-bond donors (Lipinski definition) is 2. The second-order valence-corrected chi connectivity index (χ2v) is 7.10. The highest BCUT2D eigenvalue weighted by atomic mass is 15.3. The Labute approximate surface area is 151 Å². The minimum atomic E-state index is 0.583. The van der Waals surface area contributed by atoms with Crippen LogP contribution in [0.1, 0.15) is 32.8 Å². The predicted molar refractivity (Wildman–Crippen MR) is 104 cm³/mol. The molecule has 25 heavy (non-hydrogen) atoms. The molecule has 2 heterocycles. The summed E-state index contributed by atoms with van der Waals surface area (Å²) in [5, 5.41) is 6.81. The summed E-state index contributed by atoms with van der Waals surface area (Å²) < 4.78 is 0. The van der Waals surface area contributed by atoms with Crippen LogP contribution >= 0.6 is 0 Å². The van der Waals surface area contributed by atoms with Crippen molar-refractivity contribution in [3.8, 4) is 0 Å². The number of anilines is 1.